The van der Waals surface area contributed by atoms with Crippen molar-refractivity contribution in [1.82, 2.24) is 4.90 Å². The molecule has 186 valence electrons. The summed E-state index contributed by atoms with van der Waals surface area (Å²) in [6, 6.07) is 17.2. The third kappa shape index (κ3) is 6.85. The van der Waals surface area contributed by atoms with Gasteiger partial charge in [0, 0.05) is 31.5 Å². The smallest absolute Gasteiger partial charge is 0.222 e. The molecule has 1 heterocycles. The van der Waals surface area contributed by atoms with Crippen molar-refractivity contribution >= 4 is 5.91 Å². The van der Waals surface area contributed by atoms with Gasteiger partial charge in [-0.3, -0.25) is 4.79 Å². The summed E-state index contributed by atoms with van der Waals surface area (Å²) in [5, 5.41) is 0. The van der Waals surface area contributed by atoms with E-state index in [0.717, 1.165) is 43.7 Å². The minimum Gasteiger partial charge on any atom is -0.491 e. The highest BCUT2D eigenvalue weighted by atomic mass is 16.5. The van der Waals surface area contributed by atoms with Crippen molar-refractivity contribution in [2.24, 2.45) is 5.92 Å². The Morgan fingerprint density at radius 2 is 1.76 bits per heavy atom. The molecule has 0 saturated carbocycles. The number of hydrogen-bond acceptors (Lipinski definition) is 3. The number of amides is 1. The first-order valence-electron chi connectivity index (χ1n) is 12.9. The molecule has 34 heavy (non-hydrogen) atoms. The molecule has 2 aromatic rings. The zero-order valence-electron chi connectivity index (χ0n) is 22.0. The van der Waals surface area contributed by atoms with Gasteiger partial charge in [-0.25, -0.2) is 0 Å². The molecule has 2 atom stereocenters. The minimum atomic E-state index is 0.0299. The van der Waals surface area contributed by atoms with Crippen LogP contribution in [-0.4, -0.2) is 36.2 Å². The van der Waals surface area contributed by atoms with E-state index in [2.05, 4.69) is 57.2 Å². The maximum Gasteiger partial charge on any atom is 0.222 e. The lowest BCUT2D eigenvalue weighted by atomic mass is 9.68. The van der Waals surface area contributed by atoms with Crippen LogP contribution in [0.2, 0.25) is 0 Å². The normalized spacial score (nSPS) is 20.5. The van der Waals surface area contributed by atoms with Crippen LogP contribution < -0.4 is 4.74 Å². The molecule has 3 rings (SSSR count). The number of benzene rings is 2. The SMILES string of the molecule is CCC(=O)N(CC[C@@]1(c2ccc(C)cc2)CCO[C@H](C(C)C)C1)Cc1ccc(OC(C)C)cc1. The van der Waals surface area contributed by atoms with Crippen molar-refractivity contribution < 1.29 is 14.3 Å². The van der Waals surface area contributed by atoms with Crippen molar-refractivity contribution in [2.75, 3.05) is 13.2 Å². The molecule has 2 aromatic carbocycles. The van der Waals surface area contributed by atoms with E-state index >= 15 is 0 Å². The summed E-state index contributed by atoms with van der Waals surface area (Å²) in [4.78, 5) is 15.0. The summed E-state index contributed by atoms with van der Waals surface area (Å²) in [5.74, 6) is 1.55. The molecule has 1 fully saturated rings. The van der Waals surface area contributed by atoms with Gasteiger partial charge >= 0.3 is 0 Å². The van der Waals surface area contributed by atoms with E-state index in [1.807, 2.05) is 37.8 Å². The van der Waals surface area contributed by atoms with Crippen LogP contribution >= 0.6 is 0 Å². The van der Waals surface area contributed by atoms with Gasteiger partial charge in [0.05, 0.1) is 12.2 Å². The van der Waals surface area contributed by atoms with Gasteiger partial charge in [0.15, 0.2) is 0 Å². The fraction of sp³-hybridized carbons (Fsp3) is 0.567. The molecule has 1 aliphatic heterocycles. The number of rotatable bonds is 10. The van der Waals surface area contributed by atoms with Crippen molar-refractivity contribution in [3.8, 4) is 5.75 Å². The van der Waals surface area contributed by atoms with Crippen LogP contribution in [0.15, 0.2) is 48.5 Å². The number of carbonyl (C=O) groups is 1. The lowest BCUT2D eigenvalue weighted by molar-refractivity contribution is -0.132. The first-order valence-corrected chi connectivity index (χ1v) is 12.9. The lowest BCUT2D eigenvalue weighted by Crippen LogP contribution is -2.43. The zero-order chi connectivity index (χ0) is 24.7. The maximum absolute atomic E-state index is 12.9. The molecule has 0 spiro atoms. The molecule has 1 saturated heterocycles. The summed E-state index contributed by atoms with van der Waals surface area (Å²) in [6.45, 7) is 14.8. The monoisotopic (exact) mass is 465 g/mol. The molecule has 0 radical (unpaired) electrons. The average molecular weight is 466 g/mol. The maximum atomic E-state index is 12.9. The number of carbonyl (C=O) groups excluding carboxylic acids is 1. The summed E-state index contributed by atoms with van der Waals surface area (Å²) >= 11 is 0. The topological polar surface area (TPSA) is 38.8 Å². The minimum absolute atomic E-state index is 0.0299. The first kappa shape index (κ1) is 26.3. The average Bonchev–Trinajstić information content (AvgIpc) is 2.82. The molecular weight excluding hydrogens is 422 g/mol. The van der Waals surface area contributed by atoms with Crippen LogP contribution in [0, 0.1) is 12.8 Å². The first-order chi connectivity index (χ1) is 16.2. The van der Waals surface area contributed by atoms with Crippen LogP contribution in [0.1, 0.15) is 77.0 Å². The molecule has 1 amide bonds. The second-order valence-corrected chi connectivity index (χ2v) is 10.5. The van der Waals surface area contributed by atoms with Gasteiger partial charge in [-0.1, -0.05) is 62.7 Å². The number of aryl methyl sites for hydroxylation is 1. The molecule has 4 nitrogen and oxygen atoms in total. The van der Waals surface area contributed by atoms with Crippen molar-refractivity contribution in [2.45, 2.75) is 91.4 Å². The van der Waals surface area contributed by atoms with Crippen LogP contribution in [-0.2, 0) is 21.5 Å². The third-order valence-electron chi connectivity index (χ3n) is 7.10. The predicted octanol–water partition coefficient (Wildman–Crippen LogP) is 6.68. The van der Waals surface area contributed by atoms with E-state index < -0.39 is 0 Å². The molecule has 0 aliphatic carbocycles. The molecule has 4 heteroatoms. The van der Waals surface area contributed by atoms with E-state index in [9.17, 15) is 4.79 Å². The Morgan fingerprint density at radius 3 is 2.35 bits per heavy atom. The van der Waals surface area contributed by atoms with Crippen molar-refractivity contribution in [3.63, 3.8) is 0 Å². The Bertz CT molecular complexity index is 904. The number of hydrogen-bond donors (Lipinski definition) is 0. The number of nitrogens with zero attached hydrogens (tertiary/aromatic N) is 1. The Morgan fingerprint density at radius 1 is 1.09 bits per heavy atom. The summed E-state index contributed by atoms with van der Waals surface area (Å²) in [7, 11) is 0. The van der Waals surface area contributed by atoms with E-state index in [1.165, 1.54) is 11.1 Å². The van der Waals surface area contributed by atoms with Crippen LogP contribution in [0.5, 0.6) is 5.75 Å². The fourth-order valence-corrected chi connectivity index (χ4v) is 4.95. The second-order valence-electron chi connectivity index (χ2n) is 10.5. The van der Waals surface area contributed by atoms with Gasteiger partial charge in [0.2, 0.25) is 5.91 Å². The Hall–Kier alpha value is -2.33. The van der Waals surface area contributed by atoms with Gasteiger partial charge in [-0.15, -0.1) is 0 Å². The summed E-state index contributed by atoms with van der Waals surface area (Å²) < 4.78 is 11.9. The van der Waals surface area contributed by atoms with Crippen LogP contribution in [0.3, 0.4) is 0 Å². The predicted molar refractivity (Wildman–Crippen MR) is 139 cm³/mol. The van der Waals surface area contributed by atoms with E-state index in [0.29, 0.717) is 18.9 Å². The Labute approximate surface area is 206 Å². The van der Waals surface area contributed by atoms with Crippen molar-refractivity contribution in [3.05, 3.63) is 65.2 Å². The van der Waals surface area contributed by atoms with Gasteiger partial charge in [0.1, 0.15) is 5.75 Å². The largest absolute Gasteiger partial charge is 0.491 e. The molecule has 0 aromatic heterocycles. The van der Waals surface area contributed by atoms with Crippen LogP contribution in [0.25, 0.3) is 0 Å². The molecular formula is C30H43NO3. The molecule has 0 N–H and O–H groups in total. The van der Waals surface area contributed by atoms with E-state index in [-0.39, 0.29) is 23.5 Å². The quantitative estimate of drug-likeness (QED) is 0.393. The second kappa shape index (κ2) is 11.9. The van der Waals surface area contributed by atoms with E-state index in [1.54, 1.807) is 0 Å². The number of ether oxygens (including phenoxy) is 2. The van der Waals surface area contributed by atoms with Gasteiger partial charge < -0.3 is 14.4 Å². The standard InChI is InChI=1S/C30H43NO3/c1-7-29(32)31(21-25-10-14-27(15-11-25)34-23(4)5)18-16-30(26-12-8-24(6)9-13-26)17-19-33-28(20-30)22(2)3/h8-15,22-23,28H,7,16-21H2,1-6H3/t28-,30+/m0/s1. The highest BCUT2D eigenvalue weighted by molar-refractivity contribution is 5.75. The Kier molecular flexibility index (Phi) is 9.18. The van der Waals surface area contributed by atoms with Gasteiger partial charge in [-0.05, 0) is 69.2 Å². The van der Waals surface area contributed by atoms with Crippen LogP contribution in [0.4, 0.5) is 0 Å². The third-order valence-corrected chi connectivity index (χ3v) is 7.10. The summed E-state index contributed by atoms with van der Waals surface area (Å²) in [6.07, 6.45) is 3.86. The lowest BCUT2D eigenvalue weighted by Gasteiger charge is -2.44. The zero-order valence-corrected chi connectivity index (χ0v) is 22.0. The van der Waals surface area contributed by atoms with E-state index in [4.69, 9.17) is 9.47 Å². The molecule has 0 bridgehead atoms. The fourth-order valence-electron chi connectivity index (χ4n) is 4.95. The van der Waals surface area contributed by atoms with Crippen molar-refractivity contribution in [1.29, 1.82) is 0 Å². The van der Waals surface area contributed by atoms with Gasteiger partial charge in [0.25, 0.3) is 0 Å². The molecule has 0 unspecified atom stereocenters. The summed E-state index contributed by atoms with van der Waals surface area (Å²) in [5.41, 5.74) is 3.82. The Balaban J connectivity index is 1.79. The molecule has 1 aliphatic rings. The van der Waals surface area contributed by atoms with Gasteiger partial charge in [-0.2, -0.15) is 0 Å². The highest BCUT2D eigenvalue weighted by Gasteiger charge is 2.39. The highest BCUT2D eigenvalue weighted by Crippen LogP contribution is 2.42.